The molecule has 2 unspecified atom stereocenters. The van der Waals surface area contributed by atoms with Crippen LogP contribution in [0, 0.1) is 5.92 Å². The van der Waals surface area contributed by atoms with Crippen LogP contribution in [0.2, 0.25) is 0 Å². The predicted molar refractivity (Wildman–Crippen MR) is 45.1 cm³/mol. The molecule has 10 heavy (non-hydrogen) atoms. The molecule has 60 valence electrons. The van der Waals surface area contributed by atoms with Crippen LogP contribution in [0.25, 0.3) is 0 Å². The predicted octanol–water partition coefficient (Wildman–Crippen LogP) is 2.17. The van der Waals surface area contributed by atoms with E-state index in [0.717, 1.165) is 12.0 Å². The Morgan fingerprint density at radius 1 is 1.40 bits per heavy atom. The Bertz CT molecular complexity index is 82.7. The molecule has 0 spiro atoms. The molecule has 0 aliphatic carbocycles. The van der Waals surface area contributed by atoms with Crippen LogP contribution >= 0.6 is 0 Å². The van der Waals surface area contributed by atoms with Crippen molar-refractivity contribution in [1.82, 2.24) is 5.32 Å². The Kier molecular flexibility index (Phi) is 3.20. The van der Waals surface area contributed by atoms with Gasteiger partial charge in [0.15, 0.2) is 0 Å². The summed E-state index contributed by atoms with van der Waals surface area (Å²) in [6.07, 6.45) is 5.59. The van der Waals surface area contributed by atoms with E-state index in [0.29, 0.717) is 0 Å². The maximum atomic E-state index is 3.52. The third-order valence-corrected chi connectivity index (χ3v) is 2.46. The van der Waals surface area contributed by atoms with Gasteiger partial charge in [0.2, 0.25) is 0 Å². The molecule has 1 saturated heterocycles. The Morgan fingerprint density at radius 2 is 2.20 bits per heavy atom. The van der Waals surface area contributed by atoms with Crippen molar-refractivity contribution in [2.75, 3.05) is 6.54 Å². The lowest BCUT2D eigenvalue weighted by Gasteiger charge is -2.27. The second-order valence-electron chi connectivity index (χ2n) is 3.54. The lowest BCUT2D eigenvalue weighted by molar-refractivity contribution is 0.307. The molecule has 2 atom stereocenters. The first-order valence-electron chi connectivity index (χ1n) is 4.56. The second kappa shape index (κ2) is 3.97. The fraction of sp³-hybridized carbons (Fsp3) is 1.00. The molecule has 1 aliphatic rings. The first-order valence-corrected chi connectivity index (χ1v) is 4.56. The molecule has 0 bridgehead atoms. The van der Waals surface area contributed by atoms with Gasteiger partial charge in [-0.1, -0.05) is 13.3 Å². The quantitative estimate of drug-likeness (QED) is 0.621. The molecule has 1 rings (SSSR count). The van der Waals surface area contributed by atoms with E-state index in [1.165, 1.54) is 32.2 Å². The molecular formula is C9H19N. The van der Waals surface area contributed by atoms with E-state index >= 15 is 0 Å². The van der Waals surface area contributed by atoms with Crippen molar-refractivity contribution < 1.29 is 0 Å². The average Bonchev–Trinajstić information content (AvgIpc) is 1.95. The van der Waals surface area contributed by atoms with Crippen LogP contribution in [0.1, 0.15) is 39.5 Å². The van der Waals surface area contributed by atoms with Crippen LogP contribution in [-0.4, -0.2) is 12.6 Å². The highest BCUT2D eigenvalue weighted by Crippen LogP contribution is 2.18. The standard InChI is InChI=1S/C9H19N/c1-3-4-9-6-5-8(2)10-7-9/h8-10H,3-7H2,1-2H3. The normalized spacial score (nSPS) is 34.2. The summed E-state index contributed by atoms with van der Waals surface area (Å²) in [6.45, 7) is 5.81. The maximum absolute atomic E-state index is 3.52. The lowest BCUT2D eigenvalue weighted by atomic mass is 9.92. The molecule has 1 heterocycles. The highest BCUT2D eigenvalue weighted by atomic mass is 14.9. The second-order valence-corrected chi connectivity index (χ2v) is 3.54. The van der Waals surface area contributed by atoms with Crippen molar-refractivity contribution in [3.8, 4) is 0 Å². The van der Waals surface area contributed by atoms with Gasteiger partial charge in [-0.25, -0.2) is 0 Å². The van der Waals surface area contributed by atoms with Crippen molar-refractivity contribution in [2.24, 2.45) is 5.92 Å². The summed E-state index contributed by atoms with van der Waals surface area (Å²) in [5.41, 5.74) is 0. The van der Waals surface area contributed by atoms with Crippen molar-refractivity contribution >= 4 is 0 Å². The third kappa shape index (κ3) is 2.30. The van der Waals surface area contributed by atoms with Gasteiger partial charge in [-0.2, -0.15) is 0 Å². The zero-order valence-electron chi connectivity index (χ0n) is 7.19. The van der Waals surface area contributed by atoms with Gasteiger partial charge in [0.05, 0.1) is 0 Å². The Hall–Kier alpha value is -0.0400. The summed E-state index contributed by atoms with van der Waals surface area (Å²) < 4.78 is 0. The lowest BCUT2D eigenvalue weighted by Crippen LogP contribution is -2.36. The minimum absolute atomic E-state index is 0.771. The smallest absolute Gasteiger partial charge is 0.00389 e. The average molecular weight is 141 g/mol. The number of hydrogen-bond acceptors (Lipinski definition) is 1. The van der Waals surface area contributed by atoms with Gasteiger partial charge < -0.3 is 5.32 Å². The summed E-state index contributed by atoms with van der Waals surface area (Å²) >= 11 is 0. The van der Waals surface area contributed by atoms with E-state index in [1.54, 1.807) is 0 Å². The summed E-state index contributed by atoms with van der Waals surface area (Å²) in [7, 11) is 0. The van der Waals surface area contributed by atoms with Crippen LogP contribution in [-0.2, 0) is 0 Å². The highest BCUT2D eigenvalue weighted by molar-refractivity contribution is 4.73. The van der Waals surface area contributed by atoms with Gasteiger partial charge in [0, 0.05) is 6.04 Å². The molecule has 0 aromatic rings. The minimum atomic E-state index is 0.771. The summed E-state index contributed by atoms with van der Waals surface area (Å²) in [5.74, 6) is 0.973. The monoisotopic (exact) mass is 141 g/mol. The van der Waals surface area contributed by atoms with E-state index in [-0.39, 0.29) is 0 Å². The van der Waals surface area contributed by atoms with E-state index in [9.17, 15) is 0 Å². The van der Waals surface area contributed by atoms with E-state index in [2.05, 4.69) is 19.2 Å². The first kappa shape index (κ1) is 8.06. The zero-order chi connectivity index (χ0) is 7.40. The Balaban J connectivity index is 2.13. The largest absolute Gasteiger partial charge is 0.314 e. The Morgan fingerprint density at radius 3 is 2.70 bits per heavy atom. The number of piperidine rings is 1. The van der Waals surface area contributed by atoms with Crippen molar-refractivity contribution in [2.45, 2.75) is 45.6 Å². The van der Waals surface area contributed by atoms with Gasteiger partial charge in [-0.3, -0.25) is 0 Å². The van der Waals surface area contributed by atoms with E-state index in [1.807, 2.05) is 0 Å². The van der Waals surface area contributed by atoms with Crippen LogP contribution in [0.15, 0.2) is 0 Å². The van der Waals surface area contributed by atoms with Crippen LogP contribution in [0.4, 0.5) is 0 Å². The highest BCUT2D eigenvalue weighted by Gasteiger charge is 2.15. The van der Waals surface area contributed by atoms with Gasteiger partial charge in [-0.15, -0.1) is 0 Å². The summed E-state index contributed by atoms with van der Waals surface area (Å²) in [4.78, 5) is 0. The third-order valence-electron chi connectivity index (χ3n) is 2.46. The molecule has 0 amide bonds. The number of hydrogen-bond donors (Lipinski definition) is 1. The molecule has 1 aliphatic heterocycles. The van der Waals surface area contributed by atoms with E-state index < -0.39 is 0 Å². The zero-order valence-corrected chi connectivity index (χ0v) is 7.19. The minimum Gasteiger partial charge on any atom is -0.314 e. The molecule has 0 aromatic carbocycles. The molecule has 0 radical (unpaired) electrons. The molecule has 0 saturated carbocycles. The molecule has 0 aromatic heterocycles. The fourth-order valence-corrected chi connectivity index (χ4v) is 1.71. The molecule has 1 nitrogen and oxygen atoms in total. The van der Waals surface area contributed by atoms with Crippen LogP contribution in [0.3, 0.4) is 0 Å². The fourth-order valence-electron chi connectivity index (χ4n) is 1.71. The van der Waals surface area contributed by atoms with Gasteiger partial charge in [-0.05, 0) is 38.6 Å². The molecule has 1 N–H and O–H groups in total. The molecular weight excluding hydrogens is 122 g/mol. The summed E-state index contributed by atoms with van der Waals surface area (Å²) in [5, 5.41) is 3.52. The first-order chi connectivity index (χ1) is 4.83. The SMILES string of the molecule is CCCC1CCC(C)NC1. The maximum Gasteiger partial charge on any atom is 0.00389 e. The van der Waals surface area contributed by atoms with Crippen molar-refractivity contribution in [3.63, 3.8) is 0 Å². The van der Waals surface area contributed by atoms with Crippen LogP contribution in [0.5, 0.6) is 0 Å². The number of rotatable bonds is 2. The van der Waals surface area contributed by atoms with E-state index in [4.69, 9.17) is 0 Å². The van der Waals surface area contributed by atoms with Crippen molar-refractivity contribution in [3.05, 3.63) is 0 Å². The van der Waals surface area contributed by atoms with Crippen molar-refractivity contribution in [1.29, 1.82) is 0 Å². The molecule has 1 heteroatoms. The molecule has 1 fully saturated rings. The van der Waals surface area contributed by atoms with Gasteiger partial charge >= 0.3 is 0 Å². The summed E-state index contributed by atoms with van der Waals surface area (Å²) in [6, 6.07) is 0.771. The van der Waals surface area contributed by atoms with Gasteiger partial charge in [0.1, 0.15) is 0 Å². The van der Waals surface area contributed by atoms with Crippen LogP contribution < -0.4 is 5.32 Å². The topological polar surface area (TPSA) is 12.0 Å². The Labute approximate surface area is 64.2 Å². The number of nitrogens with one attached hydrogen (secondary N) is 1. The van der Waals surface area contributed by atoms with Gasteiger partial charge in [0.25, 0.3) is 0 Å².